The van der Waals surface area contributed by atoms with E-state index in [2.05, 4.69) is 10.6 Å². The van der Waals surface area contributed by atoms with Crippen LogP contribution in [0.3, 0.4) is 0 Å². The molecule has 1 atom stereocenters. The molecule has 1 aliphatic heterocycles. The first-order valence-electron chi connectivity index (χ1n) is 6.48. The van der Waals surface area contributed by atoms with E-state index in [9.17, 15) is 14.9 Å². The van der Waals surface area contributed by atoms with Crippen molar-refractivity contribution in [2.75, 3.05) is 19.0 Å². The number of amides is 1. The molecule has 1 aromatic rings. The zero-order valence-corrected chi connectivity index (χ0v) is 12.4. The van der Waals surface area contributed by atoms with Crippen LogP contribution in [0.15, 0.2) is 18.2 Å². The van der Waals surface area contributed by atoms with Gasteiger partial charge < -0.3 is 15.4 Å². The number of rotatable bonds is 4. The average molecular weight is 316 g/mol. The Bertz CT molecular complexity index is 518. The molecule has 0 bridgehead atoms. The molecule has 2 rings (SSSR count). The Balaban J connectivity index is 0.00000220. The van der Waals surface area contributed by atoms with Gasteiger partial charge in [0.25, 0.3) is 0 Å². The smallest absolute Gasteiger partial charge is 0.312 e. The molecule has 0 unspecified atom stereocenters. The van der Waals surface area contributed by atoms with Crippen LogP contribution in [0, 0.1) is 10.1 Å². The van der Waals surface area contributed by atoms with Gasteiger partial charge in [-0.1, -0.05) is 6.42 Å². The molecular formula is C13H18ClN3O4. The molecule has 8 heteroatoms. The van der Waals surface area contributed by atoms with Gasteiger partial charge in [-0.15, -0.1) is 12.4 Å². The fourth-order valence-corrected chi connectivity index (χ4v) is 2.22. The molecule has 1 saturated heterocycles. The number of nitro groups is 1. The summed E-state index contributed by atoms with van der Waals surface area (Å²) in [4.78, 5) is 22.4. The summed E-state index contributed by atoms with van der Waals surface area (Å²) in [5.41, 5.74) is 0.233. The van der Waals surface area contributed by atoms with Crippen molar-refractivity contribution >= 4 is 29.7 Å². The van der Waals surface area contributed by atoms with Crippen molar-refractivity contribution in [1.82, 2.24) is 5.32 Å². The molecule has 1 aliphatic rings. The normalized spacial score (nSPS) is 17.5. The highest BCUT2D eigenvalue weighted by Gasteiger charge is 2.22. The lowest BCUT2D eigenvalue weighted by molar-refractivity contribution is -0.385. The van der Waals surface area contributed by atoms with Gasteiger partial charge >= 0.3 is 5.69 Å². The van der Waals surface area contributed by atoms with Gasteiger partial charge in [0, 0.05) is 11.8 Å². The Morgan fingerprint density at radius 3 is 2.81 bits per heavy atom. The molecule has 1 amide bonds. The van der Waals surface area contributed by atoms with Crippen LogP contribution in [-0.2, 0) is 4.79 Å². The van der Waals surface area contributed by atoms with E-state index < -0.39 is 4.92 Å². The summed E-state index contributed by atoms with van der Waals surface area (Å²) < 4.78 is 4.92. The number of anilines is 1. The number of ether oxygens (including phenoxy) is 1. The molecule has 0 radical (unpaired) electrons. The second-order valence-corrected chi connectivity index (χ2v) is 4.64. The second-order valence-electron chi connectivity index (χ2n) is 4.64. The summed E-state index contributed by atoms with van der Waals surface area (Å²) in [7, 11) is 1.37. The van der Waals surface area contributed by atoms with E-state index in [1.165, 1.54) is 19.2 Å². The number of halogens is 1. The van der Waals surface area contributed by atoms with Crippen molar-refractivity contribution in [3.05, 3.63) is 28.3 Å². The number of carbonyl (C=O) groups excluding carboxylic acids is 1. The number of piperidine rings is 1. The molecule has 1 aromatic carbocycles. The fraction of sp³-hybridized carbons (Fsp3) is 0.462. The van der Waals surface area contributed by atoms with E-state index in [-0.39, 0.29) is 35.8 Å². The first kappa shape index (κ1) is 17.2. The number of benzene rings is 1. The van der Waals surface area contributed by atoms with Crippen molar-refractivity contribution in [2.24, 2.45) is 0 Å². The number of methoxy groups -OCH3 is 1. The maximum atomic E-state index is 12.0. The van der Waals surface area contributed by atoms with Crippen LogP contribution in [0.4, 0.5) is 11.4 Å². The highest BCUT2D eigenvalue weighted by Crippen LogP contribution is 2.29. The minimum atomic E-state index is -0.534. The highest BCUT2D eigenvalue weighted by molar-refractivity contribution is 5.95. The molecule has 21 heavy (non-hydrogen) atoms. The third-order valence-electron chi connectivity index (χ3n) is 3.27. The predicted molar refractivity (Wildman–Crippen MR) is 81.2 cm³/mol. The van der Waals surface area contributed by atoms with Crippen molar-refractivity contribution < 1.29 is 14.5 Å². The van der Waals surface area contributed by atoms with Gasteiger partial charge in [0.15, 0.2) is 5.75 Å². The quantitative estimate of drug-likeness (QED) is 0.655. The molecule has 1 fully saturated rings. The maximum Gasteiger partial charge on any atom is 0.312 e. The van der Waals surface area contributed by atoms with Crippen LogP contribution in [-0.4, -0.2) is 30.5 Å². The zero-order chi connectivity index (χ0) is 14.5. The van der Waals surface area contributed by atoms with Gasteiger partial charge in [-0.2, -0.15) is 0 Å². The third-order valence-corrected chi connectivity index (χ3v) is 3.27. The molecular weight excluding hydrogens is 298 g/mol. The molecule has 1 heterocycles. The van der Waals surface area contributed by atoms with E-state index in [0.717, 1.165) is 25.8 Å². The second kappa shape index (κ2) is 7.80. The SMILES string of the molecule is COc1ccc(NC(=O)[C@H]2CCCCN2)cc1[N+](=O)[O-].Cl. The Morgan fingerprint density at radius 1 is 1.48 bits per heavy atom. The van der Waals surface area contributed by atoms with Gasteiger partial charge in [0.05, 0.1) is 18.1 Å². The topological polar surface area (TPSA) is 93.5 Å². The van der Waals surface area contributed by atoms with Crippen molar-refractivity contribution in [3.8, 4) is 5.75 Å². The number of nitrogens with one attached hydrogen (secondary N) is 2. The number of nitro benzene ring substituents is 1. The van der Waals surface area contributed by atoms with Gasteiger partial charge in [-0.3, -0.25) is 14.9 Å². The molecule has 0 spiro atoms. The van der Waals surface area contributed by atoms with Crippen LogP contribution in [0.1, 0.15) is 19.3 Å². The zero-order valence-electron chi connectivity index (χ0n) is 11.6. The van der Waals surface area contributed by atoms with Crippen molar-refractivity contribution in [1.29, 1.82) is 0 Å². The van der Waals surface area contributed by atoms with Crippen LogP contribution in [0.25, 0.3) is 0 Å². The van der Waals surface area contributed by atoms with E-state index >= 15 is 0 Å². The minimum Gasteiger partial charge on any atom is -0.490 e. The summed E-state index contributed by atoms with van der Waals surface area (Å²) in [6.45, 7) is 0.820. The lowest BCUT2D eigenvalue weighted by Gasteiger charge is -2.22. The minimum absolute atomic E-state index is 0. The summed E-state index contributed by atoms with van der Waals surface area (Å²) in [5.74, 6) is 0.00737. The van der Waals surface area contributed by atoms with E-state index in [1.54, 1.807) is 6.07 Å². The Hall–Kier alpha value is -1.86. The monoisotopic (exact) mass is 315 g/mol. The van der Waals surface area contributed by atoms with Crippen molar-refractivity contribution in [2.45, 2.75) is 25.3 Å². The van der Waals surface area contributed by atoms with E-state index in [4.69, 9.17) is 4.74 Å². The molecule has 116 valence electrons. The summed E-state index contributed by atoms with van der Waals surface area (Å²) in [6.07, 6.45) is 2.86. The fourth-order valence-electron chi connectivity index (χ4n) is 2.22. The molecule has 0 aromatic heterocycles. The Kier molecular flexibility index (Phi) is 6.39. The molecule has 7 nitrogen and oxygen atoms in total. The number of hydrogen-bond acceptors (Lipinski definition) is 5. The van der Waals surface area contributed by atoms with Gasteiger partial charge in [-0.25, -0.2) is 0 Å². The number of carbonyl (C=O) groups is 1. The lowest BCUT2D eigenvalue weighted by atomic mass is 10.0. The van der Waals surface area contributed by atoms with Crippen LogP contribution < -0.4 is 15.4 Å². The summed E-state index contributed by atoms with van der Waals surface area (Å²) in [6, 6.07) is 4.14. The lowest BCUT2D eigenvalue weighted by Crippen LogP contribution is -2.43. The van der Waals surface area contributed by atoms with Crippen molar-refractivity contribution in [3.63, 3.8) is 0 Å². The Labute approximate surface area is 128 Å². The first-order chi connectivity index (χ1) is 9.61. The summed E-state index contributed by atoms with van der Waals surface area (Å²) >= 11 is 0. The predicted octanol–water partition coefficient (Wildman–Crippen LogP) is 2.11. The maximum absolute atomic E-state index is 12.0. The summed E-state index contributed by atoms with van der Waals surface area (Å²) in [5, 5.41) is 16.7. The van der Waals surface area contributed by atoms with Gasteiger partial charge in [-0.05, 0) is 31.5 Å². The highest BCUT2D eigenvalue weighted by atomic mass is 35.5. The Morgan fingerprint density at radius 2 is 2.24 bits per heavy atom. The van der Waals surface area contributed by atoms with E-state index in [1.807, 2.05) is 0 Å². The standard InChI is InChI=1S/C13H17N3O4.ClH/c1-20-12-6-5-9(8-11(12)16(18)19)15-13(17)10-4-2-3-7-14-10;/h5-6,8,10,14H,2-4,7H2,1H3,(H,15,17);1H/t10-;/m1./s1. The third kappa shape index (κ3) is 4.30. The van der Waals surface area contributed by atoms with Crippen LogP contribution in [0.2, 0.25) is 0 Å². The van der Waals surface area contributed by atoms with Crippen LogP contribution in [0.5, 0.6) is 5.75 Å². The number of nitrogens with zero attached hydrogens (tertiary/aromatic N) is 1. The first-order valence-corrected chi connectivity index (χ1v) is 6.48. The van der Waals surface area contributed by atoms with E-state index in [0.29, 0.717) is 5.69 Å². The van der Waals surface area contributed by atoms with Crippen LogP contribution >= 0.6 is 12.4 Å². The van der Waals surface area contributed by atoms with Gasteiger partial charge in [0.2, 0.25) is 5.91 Å². The molecule has 2 N–H and O–H groups in total. The molecule has 0 aliphatic carbocycles. The number of hydrogen-bond donors (Lipinski definition) is 2. The largest absolute Gasteiger partial charge is 0.490 e. The van der Waals surface area contributed by atoms with Gasteiger partial charge in [0.1, 0.15) is 0 Å². The molecule has 0 saturated carbocycles. The average Bonchev–Trinajstić information content (AvgIpc) is 2.48.